The zero-order chi connectivity index (χ0) is 20.8. The molecule has 1 heterocycles. The lowest BCUT2D eigenvalue weighted by atomic mass is 10.0. The zero-order valence-electron chi connectivity index (χ0n) is 17.7. The summed E-state index contributed by atoms with van der Waals surface area (Å²) >= 11 is 1.47. The molecule has 0 spiro atoms. The summed E-state index contributed by atoms with van der Waals surface area (Å²) < 4.78 is 0. The van der Waals surface area contributed by atoms with Gasteiger partial charge < -0.3 is 15.1 Å². The summed E-state index contributed by atoms with van der Waals surface area (Å²) in [6.07, 6.45) is 0.429. The van der Waals surface area contributed by atoms with Gasteiger partial charge in [0.25, 0.3) is 5.91 Å². The molecule has 1 aromatic carbocycles. The number of hydrogen-bond donors (Lipinski definition) is 1. The number of anilines is 2. The molecule has 2 rings (SSSR count). The molecule has 1 atom stereocenters. The molecule has 0 saturated heterocycles. The highest BCUT2D eigenvalue weighted by Crippen LogP contribution is 2.28. The Balaban J connectivity index is 2.41. The van der Waals surface area contributed by atoms with Crippen LogP contribution in [0, 0.1) is 5.92 Å². The van der Waals surface area contributed by atoms with E-state index in [1.165, 1.54) is 11.3 Å². The first kappa shape index (κ1) is 22.0. The molecule has 0 aliphatic carbocycles. The number of benzene rings is 1. The largest absolute Gasteiger partial charge is 0.377 e. The molecule has 6 heteroatoms. The highest BCUT2D eigenvalue weighted by Gasteiger charge is 2.26. The number of nitrogens with one attached hydrogen (secondary N) is 1. The van der Waals surface area contributed by atoms with Crippen LogP contribution in [-0.4, -0.2) is 36.9 Å². The lowest BCUT2D eigenvalue weighted by Crippen LogP contribution is -2.41. The number of thiophene rings is 1. The second-order valence-corrected chi connectivity index (χ2v) is 8.48. The molecule has 1 unspecified atom stereocenters. The third kappa shape index (κ3) is 5.35. The molecule has 0 saturated carbocycles. The number of amides is 2. The van der Waals surface area contributed by atoms with Gasteiger partial charge in [0.05, 0.1) is 4.88 Å². The average Bonchev–Trinajstić information content (AvgIpc) is 3.19. The van der Waals surface area contributed by atoms with E-state index in [1.807, 2.05) is 66.5 Å². The van der Waals surface area contributed by atoms with Crippen LogP contribution in [0.4, 0.5) is 11.4 Å². The minimum Gasteiger partial charge on any atom is -0.377 e. The number of carbonyl (C=O) groups excluding carboxylic acids is 2. The highest BCUT2D eigenvalue weighted by atomic mass is 32.1. The van der Waals surface area contributed by atoms with Crippen molar-refractivity contribution in [2.45, 2.75) is 46.7 Å². The van der Waals surface area contributed by atoms with Gasteiger partial charge in [0, 0.05) is 44.5 Å². The number of carbonyl (C=O) groups is 2. The van der Waals surface area contributed by atoms with E-state index in [1.54, 1.807) is 0 Å². The van der Waals surface area contributed by atoms with Crippen molar-refractivity contribution in [3.05, 3.63) is 46.2 Å². The molecule has 1 N–H and O–H groups in total. The molecule has 2 aromatic rings. The van der Waals surface area contributed by atoms with Crippen LogP contribution in [0.2, 0.25) is 0 Å². The van der Waals surface area contributed by atoms with Crippen molar-refractivity contribution in [2.75, 3.05) is 24.3 Å². The highest BCUT2D eigenvalue weighted by molar-refractivity contribution is 7.12. The number of rotatable bonds is 8. The zero-order valence-corrected chi connectivity index (χ0v) is 18.5. The predicted molar refractivity (Wildman–Crippen MR) is 118 cm³/mol. The molecule has 0 bridgehead atoms. The Morgan fingerprint density at radius 2 is 1.86 bits per heavy atom. The van der Waals surface area contributed by atoms with Gasteiger partial charge >= 0.3 is 0 Å². The van der Waals surface area contributed by atoms with Gasteiger partial charge in [-0.3, -0.25) is 9.59 Å². The van der Waals surface area contributed by atoms with Gasteiger partial charge in [-0.15, -0.1) is 11.3 Å². The van der Waals surface area contributed by atoms with Crippen LogP contribution in [0.1, 0.15) is 49.4 Å². The first-order valence-corrected chi connectivity index (χ1v) is 10.6. The lowest BCUT2D eigenvalue weighted by Gasteiger charge is -2.33. The van der Waals surface area contributed by atoms with Crippen molar-refractivity contribution in [2.24, 2.45) is 5.92 Å². The molecule has 0 aliphatic rings. The fourth-order valence-electron chi connectivity index (χ4n) is 2.96. The SMILES string of the molecule is CCC(=O)Nc1ccc(N(C)C)c(CN(C(=O)c2cccs2)C(C)C(C)C)c1. The van der Waals surface area contributed by atoms with E-state index in [0.717, 1.165) is 21.8 Å². The molecule has 2 amide bonds. The quantitative estimate of drug-likeness (QED) is 0.688. The van der Waals surface area contributed by atoms with Gasteiger partial charge in [0.1, 0.15) is 0 Å². The Hall–Kier alpha value is -2.34. The van der Waals surface area contributed by atoms with Crippen molar-refractivity contribution in [1.29, 1.82) is 0 Å². The molecular weight excluding hydrogens is 370 g/mol. The van der Waals surface area contributed by atoms with Crippen LogP contribution in [0.3, 0.4) is 0 Å². The molecular formula is C22H31N3O2S. The Morgan fingerprint density at radius 3 is 2.39 bits per heavy atom. The average molecular weight is 402 g/mol. The van der Waals surface area contributed by atoms with E-state index in [9.17, 15) is 9.59 Å². The molecule has 0 radical (unpaired) electrons. The van der Waals surface area contributed by atoms with Crippen molar-refractivity contribution in [1.82, 2.24) is 4.90 Å². The van der Waals surface area contributed by atoms with Gasteiger partial charge in [-0.05, 0) is 48.1 Å². The van der Waals surface area contributed by atoms with Crippen LogP contribution in [0.5, 0.6) is 0 Å². The molecule has 152 valence electrons. The monoisotopic (exact) mass is 401 g/mol. The minimum atomic E-state index is -0.0226. The summed E-state index contributed by atoms with van der Waals surface area (Å²) in [5, 5.41) is 4.85. The van der Waals surface area contributed by atoms with E-state index in [-0.39, 0.29) is 17.9 Å². The van der Waals surface area contributed by atoms with Crippen LogP contribution < -0.4 is 10.2 Å². The summed E-state index contributed by atoms with van der Waals surface area (Å²) in [7, 11) is 3.97. The van der Waals surface area contributed by atoms with Crippen molar-refractivity contribution in [3.8, 4) is 0 Å². The maximum absolute atomic E-state index is 13.2. The standard InChI is InChI=1S/C22H31N3O2S/c1-7-21(26)23-18-10-11-19(24(5)6)17(13-18)14-25(16(4)15(2)3)22(27)20-9-8-12-28-20/h8-13,15-16H,7,14H2,1-6H3,(H,23,26). The lowest BCUT2D eigenvalue weighted by molar-refractivity contribution is -0.115. The Bertz CT molecular complexity index is 800. The second kappa shape index (κ2) is 9.73. The van der Waals surface area contributed by atoms with Gasteiger partial charge in [0.15, 0.2) is 0 Å². The normalized spacial score (nSPS) is 12.0. The molecule has 0 aliphatic heterocycles. The van der Waals surface area contributed by atoms with E-state index in [4.69, 9.17) is 0 Å². The summed E-state index contributed by atoms with van der Waals surface area (Å²) in [6.45, 7) is 8.66. The Morgan fingerprint density at radius 1 is 1.14 bits per heavy atom. The van der Waals surface area contributed by atoms with Crippen molar-refractivity contribution < 1.29 is 9.59 Å². The smallest absolute Gasteiger partial charge is 0.264 e. The van der Waals surface area contributed by atoms with Gasteiger partial charge in [0.2, 0.25) is 5.91 Å². The third-order valence-corrected chi connectivity index (χ3v) is 5.81. The second-order valence-electron chi connectivity index (χ2n) is 7.53. The third-order valence-electron chi connectivity index (χ3n) is 4.96. The fraction of sp³-hybridized carbons (Fsp3) is 0.455. The Kier molecular flexibility index (Phi) is 7.63. The minimum absolute atomic E-state index is 0.0226. The van der Waals surface area contributed by atoms with E-state index >= 15 is 0 Å². The number of nitrogens with zero attached hydrogens (tertiary/aromatic N) is 2. The molecule has 28 heavy (non-hydrogen) atoms. The van der Waals surface area contributed by atoms with Crippen LogP contribution in [-0.2, 0) is 11.3 Å². The van der Waals surface area contributed by atoms with E-state index in [2.05, 4.69) is 26.1 Å². The predicted octanol–water partition coefficient (Wildman–Crippen LogP) is 4.85. The maximum atomic E-state index is 13.2. The molecule has 0 fully saturated rings. The van der Waals surface area contributed by atoms with E-state index in [0.29, 0.717) is 18.9 Å². The molecule has 1 aromatic heterocycles. The first-order valence-electron chi connectivity index (χ1n) is 9.69. The van der Waals surface area contributed by atoms with Gasteiger partial charge in [-0.2, -0.15) is 0 Å². The van der Waals surface area contributed by atoms with Gasteiger partial charge in [-0.1, -0.05) is 26.8 Å². The van der Waals surface area contributed by atoms with Crippen molar-refractivity contribution >= 4 is 34.5 Å². The van der Waals surface area contributed by atoms with Crippen LogP contribution in [0.15, 0.2) is 35.7 Å². The van der Waals surface area contributed by atoms with Gasteiger partial charge in [-0.25, -0.2) is 0 Å². The van der Waals surface area contributed by atoms with Crippen LogP contribution >= 0.6 is 11.3 Å². The maximum Gasteiger partial charge on any atom is 0.264 e. The first-order chi connectivity index (χ1) is 13.2. The Labute approximate surface area is 172 Å². The van der Waals surface area contributed by atoms with Crippen molar-refractivity contribution in [3.63, 3.8) is 0 Å². The summed E-state index contributed by atoms with van der Waals surface area (Å²) in [5.41, 5.74) is 2.80. The van der Waals surface area contributed by atoms with Crippen LogP contribution in [0.25, 0.3) is 0 Å². The summed E-state index contributed by atoms with van der Waals surface area (Å²) in [4.78, 5) is 29.7. The number of hydrogen-bond acceptors (Lipinski definition) is 4. The molecule has 5 nitrogen and oxygen atoms in total. The summed E-state index contributed by atoms with van der Waals surface area (Å²) in [6, 6.07) is 9.74. The topological polar surface area (TPSA) is 52.7 Å². The fourth-order valence-corrected chi connectivity index (χ4v) is 3.64. The van der Waals surface area contributed by atoms with E-state index < -0.39 is 0 Å². The summed E-state index contributed by atoms with van der Waals surface area (Å²) in [5.74, 6) is 0.351.